The largest absolute Gasteiger partial charge is 0.368 e. The fourth-order valence-corrected chi connectivity index (χ4v) is 12.3. The number of allylic oxidation sites excluding steroid dienone is 19. The molecule has 2 fully saturated rings. The fourth-order valence-electron chi connectivity index (χ4n) is 12.3. The summed E-state index contributed by atoms with van der Waals surface area (Å²) < 4.78 is 0. The van der Waals surface area contributed by atoms with Crippen molar-refractivity contribution in [2.24, 2.45) is 41.4 Å². The average Bonchev–Trinajstić information content (AvgIpc) is 3.71. The van der Waals surface area contributed by atoms with Crippen molar-refractivity contribution in [3.8, 4) is 0 Å². The molecule has 2 heteroatoms. The summed E-state index contributed by atoms with van der Waals surface area (Å²) >= 11 is 0. The third-order valence-electron chi connectivity index (χ3n) is 14.5. The van der Waals surface area contributed by atoms with Gasteiger partial charge in [-0.1, -0.05) is 115 Å². The highest BCUT2D eigenvalue weighted by Crippen LogP contribution is 2.54. The van der Waals surface area contributed by atoms with Crippen molar-refractivity contribution in [1.29, 1.82) is 0 Å². The predicted octanol–water partition coefficient (Wildman–Crippen LogP) is 11.0. The van der Waals surface area contributed by atoms with E-state index in [1.54, 1.807) is 28.1 Å². The fraction of sp³-hybridized carbons (Fsp3) is 0.500. The third kappa shape index (κ3) is 5.43. The van der Waals surface area contributed by atoms with Crippen LogP contribution in [-0.4, -0.2) is 34.0 Å². The van der Waals surface area contributed by atoms with Crippen molar-refractivity contribution in [3.63, 3.8) is 0 Å². The lowest BCUT2D eigenvalue weighted by atomic mass is 9.72. The highest BCUT2D eigenvalue weighted by Gasteiger charge is 2.51. The maximum absolute atomic E-state index is 3.06. The molecule has 2 nitrogen and oxygen atoms in total. The van der Waals surface area contributed by atoms with Gasteiger partial charge in [0.1, 0.15) is 0 Å². The number of likely N-dealkylation sites (tertiary alicyclic amines) is 2. The Morgan fingerprint density at radius 3 is 2.44 bits per heavy atom. The highest BCUT2D eigenvalue weighted by atomic mass is 15.2. The molecule has 0 aromatic heterocycles. The molecule has 2 aliphatic heterocycles. The Morgan fingerprint density at radius 2 is 1.56 bits per heavy atom. The zero-order chi connectivity index (χ0) is 33.0. The van der Waals surface area contributed by atoms with Gasteiger partial charge in [0.05, 0.1) is 12.1 Å². The molecule has 11 atom stereocenters. The third-order valence-corrected chi connectivity index (χ3v) is 14.5. The second kappa shape index (κ2) is 13.2. The number of rotatable bonds is 5. The van der Waals surface area contributed by atoms with Crippen LogP contribution in [-0.2, 0) is 0 Å². The van der Waals surface area contributed by atoms with Crippen LogP contribution < -0.4 is 0 Å². The van der Waals surface area contributed by atoms with Gasteiger partial charge >= 0.3 is 0 Å². The van der Waals surface area contributed by atoms with E-state index in [2.05, 4.69) is 125 Å². The Morgan fingerprint density at radius 1 is 0.620 bits per heavy atom. The Kier molecular flexibility index (Phi) is 8.26. The standard InChI is InChI=1S/C48H56N2/c1-4-14-33(15-5-1)37-28-38(34-16-6-2-7-17-34)30-40(29-37)50-46-23-13-11-21-42(46)44-32-36(25-27-48(44)50)35-24-26-47-43(31-35)41-20-10-12-22-45(41)49(47)39-18-8-3-9-19-39/h1,3-6,8,10-12,14,16-18,20-22,30-33,35,37-38,41-42,44-48H,2,7,9,13,15,19,23-29H2. The summed E-state index contributed by atoms with van der Waals surface area (Å²) in [6.07, 6.45) is 63.5. The van der Waals surface area contributed by atoms with Crippen LogP contribution >= 0.6 is 0 Å². The van der Waals surface area contributed by atoms with Crippen LogP contribution in [0.3, 0.4) is 0 Å². The van der Waals surface area contributed by atoms with Crippen molar-refractivity contribution in [3.05, 3.63) is 144 Å². The molecular formula is C48H56N2. The van der Waals surface area contributed by atoms with Crippen LogP contribution in [0.25, 0.3) is 0 Å². The van der Waals surface area contributed by atoms with Gasteiger partial charge in [-0.05, 0) is 118 Å². The van der Waals surface area contributed by atoms with Crippen LogP contribution in [0.1, 0.15) is 83.5 Å². The molecule has 0 amide bonds. The summed E-state index contributed by atoms with van der Waals surface area (Å²) in [5.41, 5.74) is 8.34. The molecule has 50 heavy (non-hydrogen) atoms. The lowest BCUT2D eigenvalue weighted by Crippen LogP contribution is -2.41. The van der Waals surface area contributed by atoms with Crippen molar-refractivity contribution < 1.29 is 0 Å². The van der Waals surface area contributed by atoms with Gasteiger partial charge in [0.25, 0.3) is 0 Å². The molecule has 10 rings (SSSR count). The quantitative estimate of drug-likeness (QED) is 0.271. The molecule has 258 valence electrons. The summed E-state index contributed by atoms with van der Waals surface area (Å²) in [4.78, 5) is 5.88. The smallest absolute Gasteiger partial charge is 0.0580 e. The molecule has 0 saturated carbocycles. The molecule has 0 bridgehead atoms. The predicted molar refractivity (Wildman–Crippen MR) is 208 cm³/mol. The van der Waals surface area contributed by atoms with Gasteiger partial charge in [-0.15, -0.1) is 0 Å². The lowest BCUT2D eigenvalue weighted by molar-refractivity contribution is 0.179. The molecular weight excluding hydrogens is 605 g/mol. The number of hydrogen-bond acceptors (Lipinski definition) is 2. The van der Waals surface area contributed by atoms with Crippen LogP contribution in [0, 0.1) is 41.4 Å². The molecule has 2 heterocycles. The van der Waals surface area contributed by atoms with Crippen LogP contribution in [0.5, 0.6) is 0 Å². The van der Waals surface area contributed by atoms with Gasteiger partial charge in [0.2, 0.25) is 0 Å². The van der Waals surface area contributed by atoms with E-state index in [1.807, 2.05) is 0 Å². The van der Waals surface area contributed by atoms with Gasteiger partial charge in [-0.2, -0.15) is 0 Å². The van der Waals surface area contributed by atoms with Gasteiger partial charge in [-0.25, -0.2) is 0 Å². The zero-order valence-corrected chi connectivity index (χ0v) is 29.9. The van der Waals surface area contributed by atoms with Crippen LogP contribution in [0.2, 0.25) is 0 Å². The Labute approximate surface area is 301 Å². The Bertz CT molecular complexity index is 1730. The second-order valence-electron chi connectivity index (χ2n) is 17.0. The number of fused-ring (bicyclic) bond motifs is 6. The lowest BCUT2D eigenvalue weighted by Gasteiger charge is -2.43. The molecule has 0 radical (unpaired) electrons. The Balaban J connectivity index is 0.956. The summed E-state index contributed by atoms with van der Waals surface area (Å²) in [7, 11) is 0. The molecule has 0 spiro atoms. The SMILES string of the molecule is C1=CCCC(N2C3CCC(C4=CC5C6C=CCCC6N(C6=CC(C7=CCCC=C7)CC(C7C=CC=CC7)C6)C5CC4)C=C3C3C=CC=CC32)=C1. The van der Waals surface area contributed by atoms with E-state index >= 15 is 0 Å². The summed E-state index contributed by atoms with van der Waals surface area (Å²) in [6.45, 7) is 0. The molecule has 0 aromatic rings. The number of hydrogen-bond donors (Lipinski definition) is 0. The minimum absolute atomic E-state index is 0.491. The summed E-state index contributed by atoms with van der Waals surface area (Å²) in [5.74, 6) is 4.41. The minimum atomic E-state index is 0.491. The second-order valence-corrected chi connectivity index (χ2v) is 17.0. The van der Waals surface area contributed by atoms with Gasteiger partial charge in [0, 0.05) is 47.1 Å². The number of nitrogens with zero attached hydrogens (tertiary/aromatic N) is 2. The Hall–Kier alpha value is -3.52. The van der Waals surface area contributed by atoms with E-state index in [0.717, 1.165) is 5.92 Å². The van der Waals surface area contributed by atoms with Crippen molar-refractivity contribution >= 4 is 0 Å². The average molecular weight is 661 g/mol. The highest BCUT2D eigenvalue weighted by molar-refractivity contribution is 5.42. The molecule has 10 aliphatic rings. The van der Waals surface area contributed by atoms with E-state index in [0.29, 0.717) is 59.7 Å². The van der Waals surface area contributed by atoms with E-state index < -0.39 is 0 Å². The van der Waals surface area contributed by atoms with Crippen LogP contribution in [0.15, 0.2) is 144 Å². The molecule has 0 N–H and O–H groups in total. The summed E-state index contributed by atoms with van der Waals surface area (Å²) in [6, 6.07) is 2.36. The first-order valence-corrected chi connectivity index (χ1v) is 20.6. The summed E-state index contributed by atoms with van der Waals surface area (Å²) in [5, 5.41) is 0. The van der Waals surface area contributed by atoms with Gasteiger partial charge in [-0.3, -0.25) is 0 Å². The first-order valence-electron chi connectivity index (χ1n) is 20.6. The van der Waals surface area contributed by atoms with Crippen molar-refractivity contribution in [1.82, 2.24) is 9.80 Å². The van der Waals surface area contributed by atoms with Crippen LogP contribution in [0.4, 0.5) is 0 Å². The van der Waals surface area contributed by atoms with Crippen molar-refractivity contribution in [2.75, 3.05) is 0 Å². The van der Waals surface area contributed by atoms with Gasteiger partial charge in [0.15, 0.2) is 0 Å². The van der Waals surface area contributed by atoms with E-state index in [-0.39, 0.29) is 0 Å². The molecule has 0 aromatic carbocycles. The first-order chi connectivity index (χ1) is 24.8. The normalized spacial score (nSPS) is 41.1. The zero-order valence-electron chi connectivity index (χ0n) is 29.9. The minimum Gasteiger partial charge on any atom is -0.368 e. The molecule has 11 unspecified atom stereocenters. The van der Waals surface area contributed by atoms with E-state index in [1.165, 1.54) is 83.5 Å². The molecule has 2 saturated heterocycles. The van der Waals surface area contributed by atoms with Gasteiger partial charge < -0.3 is 9.80 Å². The maximum atomic E-state index is 3.06. The first kappa shape index (κ1) is 31.2. The van der Waals surface area contributed by atoms with Crippen molar-refractivity contribution in [2.45, 2.75) is 108 Å². The topological polar surface area (TPSA) is 6.48 Å². The monoisotopic (exact) mass is 660 g/mol. The van der Waals surface area contributed by atoms with E-state index in [9.17, 15) is 0 Å². The maximum Gasteiger partial charge on any atom is 0.0580 e. The molecule has 8 aliphatic carbocycles. The van der Waals surface area contributed by atoms with E-state index in [4.69, 9.17) is 0 Å².